The average molecular weight is 176 g/mol. The summed E-state index contributed by atoms with van der Waals surface area (Å²) in [5.74, 6) is 0. The minimum atomic E-state index is 0.758. The van der Waals surface area contributed by atoms with Gasteiger partial charge in [0, 0.05) is 12.4 Å². The van der Waals surface area contributed by atoms with Gasteiger partial charge in [-0.25, -0.2) is 0 Å². The fraction of sp³-hybridized carbons (Fsp3) is 0.111. The predicted octanol–water partition coefficient (Wildman–Crippen LogP) is 2.30. The molecular weight excluding hydrogens is 168 g/mol. The van der Waals surface area contributed by atoms with E-state index in [-0.39, 0.29) is 0 Å². The van der Waals surface area contributed by atoms with E-state index in [4.69, 9.17) is 12.2 Å². The van der Waals surface area contributed by atoms with Gasteiger partial charge in [-0.3, -0.25) is 4.68 Å². The van der Waals surface area contributed by atoms with Gasteiger partial charge in [-0.2, -0.15) is 5.10 Å². The molecule has 0 aliphatic carbocycles. The van der Waals surface area contributed by atoms with Crippen LogP contribution in [0.5, 0.6) is 0 Å². The molecule has 0 unspecified atom stereocenters. The van der Waals surface area contributed by atoms with Crippen molar-refractivity contribution in [1.82, 2.24) is 9.78 Å². The molecule has 0 atom stereocenters. The smallest absolute Gasteiger partial charge is 0.122 e. The lowest BCUT2D eigenvalue weighted by Crippen LogP contribution is -1.97. The summed E-state index contributed by atoms with van der Waals surface area (Å²) >= 11 is 5.08. The molecule has 3 heteroatoms. The fourth-order valence-corrected chi connectivity index (χ4v) is 1.31. The van der Waals surface area contributed by atoms with E-state index in [1.54, 1.807) is 4.68 Å². The number of fused-ring (bicyclic) bond motifs is 1. The second-order valence-electron chi connectivity index (χ2n) is 2.66. The van der Waals surface area contributed by atoms with E-state index in [1.807, 2.05) is 37.4 Å². The van der Waals surface area contributed by atoms with E-state index in [2.05, 4.69) is 5.10 Å². The van der Waals surface area contributed by atoms with Gasteiger partial charge in [0.2, 0.25) is 0 Å². The van der Waals surface area contributed by atoms with Crippen molar-refractivity contribution in [2.75, 3.05) is 0 Å². The summed E-state index contributed by atoms with van der Waals surface area (Å²) in [5, 5.41) is 5.39. The monoisotopic (exact) mass is 176 g/mol. The van der Waals surface area contributed by atoms with Crippen molar-refractivity contribution >= 4 is 23.1 Å². The molecule has 1 aromatic carbocycles. The number of benzene rings is 1. The summed E-state index contributed by atoms with van der Waals surface area (Å²) < 4.78 is 2.46. The molecule has 2 nitrogen and oxygen atoms in total. The Morgan fingerprint density at radius 2 is 2.08 bits per heavy atom. The van der Waals surface area contributed by atoms with Crippen molar-refractivity contribution in [3.8, 4) is 0 Å². The first-order valence-electron chi connectivity index (χ1n) is 3.70. The zero-order valence-electron chi connectivity index (χ0n) is 6.69. The zero-order valence-corrected chi connectivity index (χ0v) is 7.51. The maximum atomic E-state index is 5.08. The van der Waals surface area contributed by atoms with Crippen molar-refractivity contribution in [1.29, 1.82) is 0 Å². The van der Waals surface area contributed by atoms with Crippen LogP contribution in [0.1, 0.15) is 0 Å². The van der Waals surface area contributed by atoms with E-state index in [0.717, 1.165) is 15.5 Å². The average Bonchev–Trinajstić information content (AvgIpc) is 2.07. The van der Waals surface area contributed by atoms with Crippen LogP contribution in [0.15, 0.2) is 30.3 Å². The normalized spacial score (nSPS) is 10.4. The maximum absolute atomic E-state index is 5.08. The third kappa shape index (κ3) is 1.12. The van der Waals surface area contributed by atoms with Crippen molar-refractivity contribution in [3.63, 3.8) is 0 Å². The molecule has 1 heterocycles. The van der Waals surface area contributed by atoms with Crippen molar-refractivity contribution in [2.24, 2.45) is 7.05 Å². The number of nitrogens with zero attached hydrogens (tertiary/aromatic N) is 2. The lowest BCUT2D eigenvalue weighted by molar-refractivity contribution is 0.746. The molecule has 0 radical (unpaired) electrons. The van der Waals surface area contributed by atoms with Crippen LogP contribution in [0.25, 0.3) is 10.9 Å². The van der Waals surface area contributed by atoms with Gasteiger partial charge in [0.05, 0.1) is 5.52 Å². The van der Waals surface area contributed by atoms with E-state index in [0.29, 0.717) is 0 Å². The molecule has 0 spiro atoms. The quantitative estimate of drug-likeness (QED) is 0.573. The molecule has 0 saturated heterocycles. The molecule has 0 bridgehead atoms. The largest absolute Gasteiger partial charge is 0.257 e. The van der Waals surface area contributed by atoms with Crippen LogP contribution in [-0.4, -0.2) is 9.78 Å². The molecule has 2 rings (SSSR count). The Morgan fingerprint density at radius 3 is 2.92 bits per heavy atom. The van der Waals surface area contributed by atoms with E-state index in [9.17, 15) is 0 Å². The summed E-state index contributed by atoms with van der Waals surface area (Å²) in [4.78, 5) is 0. The van der Waals surface area contributed by atoms with E-state index >= 15 is 0 Å². The number of rotatable bonds is 0. The van der Waals surface area contributed by atoms with Crippen LogP contribution < -0.4 is 0 Å². The van der Waals surface area contributed by atoms with Crippen molar-refractivity contribution in [3.05, 3.63) is 35.0 Å². The highest BCUT2D eigenvalue weighted by molar-refractivity contribution is 7.71. The summed E-state index contributed by atoms with van der Waals surface area (Å²) in [5.41, 5.74) is 0.980. The van der Waals surface area contributed by atoms with Crippen LogP contribution in [-0.2, 0) is 7.05 Å². The summed E-state index contributed by atoms with van der Waals surface area (Å²) in [7, 11) is 1.86. The molecule has 2 aromatic rings. The SMILES string of the molecule is Cn1nc2ccccc2cc1=S. The predicted molar refractivity (Wildman–Crippen MR) is 51.5 cm³/mol. The lowest BCUT2D eigenvalue weighted by atomic mass is 10.2. The number of aryl methyl sites for hydroxylation is 1. The number of hydrogen-bond donors (Lipinski definition) is 0. The van der Waals surface area contributed by atoms with Gasteiger partial charge in [-0.05, 0) is 12.1 Å². The molecule has 60 valence electrons. The van der Waals surface area contributed by atoms with Gasteiger partial charge in [0.1, 0.15) is 4.64 Å². The Balaban J connectivity index is 2.93. The molecule has 0 aliphatic heterocycles. The summed E-state index contributed by atoms with van der Waals surface area (Å²) in [6.07, 6.45) is 0. The van der Waals surface area contributed by atoms with Crippen LogP contribution >= 0.6 is 12.2 Å². The van der Waals surface area contributed by atoms with Gasteiger partial charge in [0.25, 0.3) is 0 Å². The first kappa shape index (κ1) is 7.43. The first-order valence-corrected chi connectivity index (χ1v) is 4.11. The minimum Gasteiger partial charge on any atom is -0.257 e. The van der Waals surface area contributed by atoms with Crippen LogP contribution in [0.2, 0.25) is 0 Å². The van der Waals surface area contributed by atoms with Crippen LogP contribution in [0.3, 0.4) is 0 Å². The lowest BCUT2D eigenvalue weighted by Gasteiger charge is -1.99. The maximum Gasteiger partial charge on any atom is 0.122 e. The Hall–Kier alpha value is -1.22. The van der Waals surface area contributed by atoms with Gasteiger partial charge in [0.15, 0.2) is 0 Å². The first-order chi connectivity index (χ1) is 5.77. The second kappa shape index (κ2) is 2.68. The highest BCUT2D eigenvalue weighted by atomic mass is 32.1. The van der Waals surface area contributed by atoms with Crippen LogP contribution in [0.4, 0.5) is 0 Å². The standard InChI is InChI=1S/C9H8N2S/c1-11-9(12)6-7-4-2-3-5-8(7)10-11/h2-6H,1H3. The summed E-state index contributed by atoms with van der Waals surface area (Å²) in [6, 6.07) is 9.90. The van der Waals surface area contributed by atoms with Gasteiger partial charge in [-0.15, -0.1) is 0 Å². The topological polar surface area (TPSA) is 17.8 Å². The zero-order chi connectivity index (χ0) is 8.55. The van der Waals surface area contributed by atoms with Gasteiger partial charge < -0.3 is 0 Å². The Morgan fingerprint density at radius 1 is 1.33 bits per heavy atom. The highest BCUT2D eigenvalue weighted by Gasteiger charge is 1.93. The molecule has 0 aliphatic rings. The fourth-order valence-electron chi connectivity index (χ4n) is 1.14. The third-order valence-corrected chi connectivity index (χ3v) is 2.17. The van der Waals surface area contributed by atoms with E-state index in [1.165, 1.54) is 0 Å². The molecule has 0 fully saturated rings. The second-order valence-corrected chi connectivity index (χ2v) is 3.08. The highest BCUT2D eigenvalue weighted by Crippen LogP contribution is 2.09. The van der Waals surface area contributed by atoms with Gasteiger partial charge >= 0.3 is 0 Å². The minimum absolute atomic E-state index is 0.758. The van der Waals surface area contributed by atoms with Crippen LogP contribution in [0, 0.1) is 4.64 Å². The molecule has 0 amide bonds. The van der Waals surface area contributed by atoms with E-state index < -0.39 is 0 Å². The third-order valence-electron chi connectivity index (χ3n) is 1.79. The van der Waals surface area contributed by atoms with Crippen molar-refractivity contribution in [2.45, 2.75) is 0 Å². The molecule has 0 saturated carbocycles. The molecule has 12 heavy (non-hydrogen) atoms. The number of hydrogen-bond acceptors (Lipinski definition) is 2. The van der Waals surface area contributed by atoms with Gasteiger partial charge in [-0.1, -0.05) is 30.4 Å². The Labute approximate surface area is 75.5 Å². The molecule has 0 N–H and O–H groups in total. The van der Waals surface area contributed by atoms with Crippen molar-refractivity contribution < 1.29 is 0 Å². The summed E-state index contributed by atoms with van der Waals surface area (Å²) in [6.45, 7) is 0. The molecule has 1 aromatic heterocycles. The Kier molecular flexibility index (Phi) is 1.66. The molecular formula is C9H8N2S. The Bertz CT molecular complexity index is 473. The number of aromatic nitrogens is 2.